The number of halogens is 1. The zero-order valence-electron chi connectivity index (χ0n) is 11.9. The first kappa shape index (κ1) is 15.9. The average molecular weight is 309 g/mol. The van der Waals surface area contributed by atoms with E-state index in [0.717, 1.165) is 6.08 Å². The Hall–Kier alpha value is -3.45. The van der Waals surface area contributed by atoms with Crippen molar-refractivity contribution < 1.29 is 14.3 Å². The lowest BCUT2D eigenvalue weighted by Crippen LogP contribution is -2.23. The summed E-state index contributed by atoms with van der Waals surface area (Å²) < 4.78 is 14.5. The van der Waals surface area contributed by atoms with Crippen molar-refractivity contribution in [2.75, 3.05) is 0 Å². The normalized spacial score (nSPS) is 10.8. The highest BCUT2D eigenvalue weighted by Crippen LogP contribution is 2.24. The summed E-state index contributed by atoms with van der Waals surface area (Å²) in [6, 6.07) is 9.01. The van der Waals surface area contributed by atoms with Crippen molar-refractivity contribution in [3.63, 3.8) is 0 Å². The molecule has 114 valence electrons. The Kier molecular flexibility index (Phi) is 4.85. The minimum absolute atomic E-state index is 0.222. The first-order valence-electron chi connectivity index (χ1n) is 6.58. The second-order valence-electron chi connectivity index (χ2n) is 4.57. The highest BCUT2D eigenvalue weighted by Gasteiger charge is 2.11. The van der Waals surface area contributed by atoms with Crippen molar-refractivity contribution in [3.05, 3.63) is 47.4 Å². The number of aromatic nitrogens is 2. The molecular formula is C16H10FN4O2-. The summed E-state index contributed by atoms with van der Waals surface area (Å²) in [5, 5.41) is 32.6. The van der Waals surface area contributed by atoms with Crippen LogP contribution in [0.15, 0.2) is 36.0 Å². The van der Waals surface area contributed by atoms with Gasteiger partial charge in [0.2, 0.25) is 0 Å². The molecule has 0 saturated heterocycles. The molecule has 0 bridgehead atoms. The Morgan fingerprint density at radius 3 is 2.61 bits per heavy atom. The molecule has 0 aliphatic heterocycles. The van der Waals surface area contributed by atoms with Crippen LogP contribution in [0.5, 0.6) is 0 Å². The van der Waals surface area contributed by atoms with Crippen LogP contribution < -0.4 is 5.11 Å². The highest BCUT2D eigenvalue weighted by atomic mass is 19.1. The number of aliphatic carboxylic acids is 1. The molecule has 7 heteroatoms. The SMILES string of the molecule is N#CCCn1cc(/C=C(/C#N)C(=O)[O-])c(-c2ccc(F)cc2)n1. The van der Waals surface area contributed by atoms with Gasteiger partial charge in [-0.2, -0.15) is 15.6 Å². The van der Waals surface area contributed by atoms with Gasteiger partial charge in [-0.3, -0.25) is 4.68 Å². The van der Waals surface area contributed by atoms with Crippen molar-refractivity contribution >= 4 is 12.0 Å². The van der Waals surface area contributed by atoms with Gasteiger partial charge in [-0.25, -0.2) is 4.39 Å². The van der Waals surface area contributed by atoms with Crippen LogP contribution in [0.4, 0.5) is 4.39 Å². The summed E-state index contributed by atoms with van der Waals surface area (Å²) in [6.07, 6.45) is 2.89. The molecule has 1 aromatic carbocycles. The van der Waals surface area contributed by atoms with Gasteiger partial charge in [0.25, 0.3) is 0 Å². The van der Waals surface area contributed by atoms with E-state index in [0.29, 0.717) is 23.4 Å². The van der Waals surface area contributed by atoms with Crippen molar-refractivity contribution in [1.29, 1.82) is 10.5 Å². The Balaban J connectivity index is 2.53. The minimum Gasteiger partial charge on any atom is -0.544 e. The number of carboxylic acids is 1. The van der Waals surface area contributed by atoms with E-state index in [1.54, 1.807) is 0 Å². The van der Waals surface area contributed by atoms with Crippen LogP contribution in [-0.4, -0.2) is 15.7 Å². The van der Waals surface area contributed by atoms with Crippen LogP contribution in [0.3, 0.4) is 0 Å². The van der Waals surface area contributed by atoms with E-state index in [-0.39, 0.29) is 6.42 Å². The molecule has 0 atom stereocenters. The molecule has 1 aromatic heterocycles. The molecular weight excluding hydrogens is 299 g/mol. The summed E-state index contributed by atoms with van der Waals surface area (Å²) in [5.41, 5.74) is 0.768. The number of carbonyl (C=O) groups excluding carboxylic acids is 1. The van der Waals surface area contributed by atoms with E-state index in [1.807, 2.05) is 6.07 Å². The highest BCUT2D eigenvalue weighted by molar-refractivity contribution is 5.96. The van der Waals surface area contributed by atoms with Gasteiger partial charge < -0.3 is 9.90 Å². The molecule has 0 saturated carbocycles. The number of carbonyl (C=O) groups is 1. The lowest BCUT2D eigenvalue weighted by atomic mass is 10.1. The standard InChI is InChI=1S/C16H11FN4O2/c17-14-4-2-11(3-5-14)15-13(8-12(9-19)16(22)23)10-21(20-15)7-1-6-18/h2-5,8,10H,1,7H2,(H,22,23)/p-1/b12-8-. The molecule has 0 aliphatic carbocycles. The Morgan fingerprint density at radius 1 is 1.35 bits per heavy atom. The fraction of sp³-hybridized carbons (Fsp3) is 0.125. The van der Waals surface area contributed by atoms with Gasteiger partial charge >= 0.3 is 0 Å². The smallest absolute Gasteiger partial charge is 0.123 e. The fourth-order valence-electron chi connectivity index (χ4n) is 1.95. The maximum Gasteiger partial charge on any atom is 0.123 e. The monoisotopic (exact) mass is 309 g/mol. The topological polar surface area (TPSA) is 106 Å². The predicted molar refractivity (Wildman–Crippen MR) is 76.4 cm³/mol. The van der Waals surface area contributed by atoms with E-state index >= 15 is 0 Å². The van der Waals surface area contributed by atoms with Crippen molar-refractivity contribution in [3.8, 4) is 23.4 Å². The molecule has 0 N–H and O–H groups in total. The molecule has 2 rings (SSSR count). The maximum absolute atomic E-state index is 13.0. The first-order chi connectivity index (χ1) is 11.0. The third kappa shape index (κ3) is 3.80. The van der Waals surface area contributed by atoms with Gasteiger partial charge in [-0.05, 0) is 30.3 Å². The van der Waals surface area contributed by atoms with E-state index in [4.69, 9.17) is 10.5 Å². The average Bonchev–Trinajstić information content (AvgIpc) is 2.94. The van der Waals surface area contributed by atoms with Gasteiger partial charge in [-0.15, -0.1) is 0 Å². The molecule has 23 heavy (non-hydrogen) atoms. The summed E-state index contributed by atoms with van der Waals surface area (Å²) in [7, 11) is 0. The number of aryl methyl sites for hydroxylation is 1. The Morgan fingerprint density at radius 2 is 2.04 bits per heavy atom. The van der Waals surface area contributed by atoms with Crippen LogP contribution >= 0.6 is 0 Å². The Bertz CT molecular complexity index is 838. The minimum atomic E-state index is -1.60. The van der Waals surface area contributed by atoms with Gasteiger partial charge in [-0.1, -0.05) is 0 Å². The first-order valence-corrected chi connectivity index (χ1v) is 6.58. The molecule has 6 nitrogen and oxygen atoms in total. The molecule has 0 spiro atoms. The van der Waals surface area contributed by atoms with E-state index in [1.165, 1.54) is 41.2 Å². The van der Waals surface area contributed by atoms with Crippen LogP contribution in [0.1, 0.15) is 12.0 Å². The van der Waals surface area contributed by atoms with Crippen molar-refractivity contribution in [2.24, 2.45) is 0 Å². The van der Waals surface area contributed by atoms with E-state index in [2.05, 4.69) is 5.10 Å². The van der Waals surface area contributed by atoms with Crippen LogP contribution in [0.25, 0.3) is 17.3 Å². The number of nitriles is 2. The second kappa shape index (κ2) is 7.01. The van der Waals surface area contributed by atoms with Crippen LogP contribution in [-0.2, 0) is 11.3 Å². The number of nitrogens with zero attached hydrogens (tertiary/aromatic N) is 4. The molecule has 0 unspecified atom stereocenters. The second-order valence-corrected chi connectivity index (χ2v) is 4.57. The summed E-state index contributed by atoms with van der Waals surface area (Å²) >= 11 is 0. The zero-order valence-corrected chi connectivity index (χ0v) is 11.9. The van der Waals surface area contributed by atoms with Crippen molar-refractivity contribution in [1.82, 2.24) is 9.78 Å². The van der Waals surface area contributed by atoms with Gasteiger partial charge in [0, 0.05) is 17.3 Å². The molecule has 0 fully saturated rings. The lowest BCUT2D eigenvalue weighted by Gasteiger charge is -2.01. The summed E-state index contributed by atoms with van der Waals surface area (Å²) in [5.74, 6) is -2.01. The molecule has 2 aromatic rings. The number of hydrogen-bond acceptors (Lipinski definition) is 5. The third-order valence-electron chi connectivity index (χ3n) is 3.00. The predicted octanol–water partition coefficient (Wildman–Crippen LogP) is 1.26. The number of hydrogen-bond donors (Lipinski definition) is 0. The zero-order chi connectivity index (χ0) is 16.8. The number of carboxylic acid groups (broad SMARTS) is 1. The van der Waals surface area contributed by atoms with Crippen LogP contribution in [0, 0.1) is 28.5 Å². The number of rotatable bonds is 5. The number of benzene rings is 1. The van der Waals surface area contributed by atoms with E-state index in [9.17, 15) is 14.3 Å². The lowest BCUT2D eigenvalue weighted by molar-refractivity contribution is -0.298. The maximum atomic E-state index is 13.0. The van der Waals surface area contributed by atoms with Gasteiger partial charge in [0.15, 0.2) is 0 Å². The molecule has 0 aliphatic rings. The summed E-state index contributed by atoms with van der Waals surface area (Å²) in [4.78, 5) is 10.9. The molecule has 1 heterocycles. The van der Waals surface area contributed by atoms with Gasteiger partial charge in [0.05, 0.1) is 36.3 Å². The van der Waals surface area contributed by atoms with Gasteiger partial charge in [0.1, 0.15) is 11.9 Å². The largest absolute Gasteiger partial charge is 0.544 e. The fourth-order valence-corrected chi connectivity index (χ4v) is 1.95. The van der Waals surface area contributed by atoms with Crippen LogP contribution in [0.2, 0.25) is 0 Å². The van der Waals surface area contributed by atoms with Crippen molar-refractivity contribution in [2.45, 2.75) is 13.0 Å². The Labute approximate surface area is 131 Å². The molecule has 0 amide bonds. The quantitative estimate of drug-likeness (QED) is 0.610. The third-order valence-corrected chi connectivity index (χ3v) is 3.00. The van der Waals surface area contributed by atoms with E-state index < -0.39 is 17.4 Å². The summed E-state index contributed by atoms with van der Waals surface area (Å²) in [6.45, 7) is 0.311. The molecule has 0 radical (unpaired) electrons.